The molecule has 4 rings (SSSR count). The summed E-state index contributed by atoms with van der Waals surface area (Å²) in [7, 11) is 0. The van der Waals surface area contributed by atoms with Crippen molar-refractivity contribution < 1.29 is 9.47 Å². The van der Waals surface area contributed by atoms with Gasteiger partial charge in [0.2, 0.25) is 0 Å². The van der Waals surface area contributed by atoms with Crippen LogP contribution in [0.2, 0.25) is 0 Å². The van der Waals surface area contributed by atoms with E-state index >= 15 is 0 Å². The molecule has 27 heavy (non-hydrogen) atoms. The molecule has 0 aliphatic heterocycles. The number of anilines is 2. The molecule has 0 aliphatic carbocycles. The van der Waals surface area contributed by atoms with Gasteiger partial charge in [0.15, 0.2) is 0 Å². The molecule has 0 saturated heterocycles. The number of rotatable bonds is 6. The van der Waals surface area contributed by atoms with Gasteiger partial charge >= 0.3 is 0 Å². The molecular formula is C21H20N4O2. The highest BCUT2D eigenvalue weighted by Crippen LogP contribution is 2.26. The van der Waals surface area contributed by atoms with E-state index in [2.05, 4.69) is 9.97 Å². The van der Waals surface area contributed by atoms with Gasteiger partial charge in [-0.3, -0.25) is 0 Å². The van der Waals surface area contributed by atoms with Crippen LogP contribution < -0.4 is 20.9 Å². The van der Waals surface area contributed by atoms with E-state index in [-0.39, 0.29) is 0 Å². The molecule has 0 bridgehead atoms. The number of ether oxygens (including phenoxy) is 2. The number of nitrogen functional groups attached to an aromatic ring is 2. The fraction of sp³-hybridized carbons (Fsp3) is 0.143. The Bertz CT molecular complexity index is 1010. The lowest BCUT2D eigenvalue weighted by atomic mass is 10.2. The van der Waals surface area contributed by atoms with E-state index in [9.17, 15) is 0 Å². The molecule has 0 fully saturated rings. The summed E-state index contributed by atoms with van der Waals surface area (Å²) in [5, 5.41) is 1.90. The molecule has 136 valence electrons. The zero-order valence-electron chi connectivity index (χ0n) is 14.8. The minimum absolute atomic E-state index is 0.499. The van der Waals surface area contributed by atoms with Crippen molar-refractivity contribution in [2.24, 2.45) is 0 Å². The van der Waals surface area contributed by atoms with Gasteiger partial charge in [-0.2, -0.15) is 0 Å². The molecule has 0 saturated carbocycles. The minimum atomic E-state index is 0.499. The number of nitrogens with zero attached hydrogens (tertiary/aromatic N) is 2. The quantitative estimate of drug-likeness (QED) is 0.508. The van der Waals surface area contributed by atoms with Crippen LogP contribution in [-0.4, -0.2) is 23.2 Å². The first-order valence-corrected chi connectivity index (χ1v) is 8.77. The Morgan fingerprint density at radius 3 is 1.59 bits per heavy atom. The van der Waals surface area contributed by atoms with Crippen molar-refractivity contribution in [2.75, 3.05) is 24.7 Å². The first-order valence-electron chi connectivity index (χ1n) is 8.77. The van der Waals surface area contributed by atoms with Gasteiger partial charge in [0, 0.05) is 17.2 Å². The smallest absolute Gasteiger partial charge is 0.128 e. The van der Waals surface area contributed by atoms with E-state index in [1.807, 2.05) is 48.5 Å². The Balaban J connectivity index is 1.36. The number of hydrogen-bond donors (Lipinski definition) is 2. The zero-order chi connectivity index (χ0) is 18.6. The highest BCUT2D eigenvalue weighted by Gasteiger charge is 2.05. The molecule has 2 aromatic heterocycles. The summed E-state index contributed by atoms with van der Waals surface area (Å²) in [6.07, 6.45) is 0.748. The van der Waals surface area contributed by atoms with Gasteiger partial charge in [0.1, 0.15) is 23.1 Å². The highest BCUT2D eigenvalue weighted by molar-refractivity contribution is 5.86. The first kappa shape index (κ1) is 16.9. The van der Waals surface area contributed by atoms with Crippen LogP contribution in [0, 0.1) is 0 Å². The molecule has 0 atom stereocenters. The Morgan fingerprint density at radius 1 is 0.630 bits per heavy atom. The van der Waals surface area contributed by atoms with Crippen molar-refractivity contribution in [2.45, 2.75) is 6.42 Å². The standard InChI is InChI=1S/C21H20N4O2/c22-20-10-8-14-16(24-20)4-1-6-18(14)26-12-3-13-27-19-7-2-5-17-15(19)9-11-21(23)25-17/h1-2,4-11H,3,12-13H2,(H2,22,24)(H2,23,25). The van der Waals surface area contributed by atoms with Crippen molar-refractivity contribution in [1.82, 2.24) is 9.97 Å². The predicted octanol–water partition coefficient (Wildman–Crippen LogP) is 3.80. The van der Waals surface area contributed by atoms with Crippen molar-refractivity contribution >= 4 is 33.4 Å². The summed E-state index contributed by atoms with van der Waals surface area (Å²) in [5.41, 5.74) is 13.1. The van der Waals surface area contributed by atoms with Crippen molar-refractivity contribution in [3.63, 3.8) is 0 Å². The van der Waals surface area contributed by atoms with Gasteiger partial charge in [-0.1, -0.05) is 12.1 Å². The summed E-state index contributed by atoms with van der Waals surface area (Å²) >= 11 is 0. The minimum Gasteiger partial charge on any atom is -0.493 e. The molecule has 2 aromatic carbocycles. The lowest BCUT2D eigenvalue weighted by molar-refractivity contribution is 0.250. The van der Waals surface area contributed by atoms with E-state index in [0.29, 0.717) is 24.8 Å². The number of pyridine rings is 2. The van der Waals surface area contributed by atoms with Crippen LogP contribution in [0.25, 0.3) is 21.8 Å². The second-order valence-corrected chi connectivity index (χ2v) is 6.17. The second kappa shape index (κ2) is 7.37. The monoisotopic (exact) mass is 360 g/mol. The van der Waals surface area contributed by atoms with Crippen molar-refractivity contribution in [1.29, 1.82) is 0 Å². The summed E-state index contributed by atoms with van der Waals surface area (Å²) < 4.78 is 11.8. The Hall–Kier alpha value is -3.54. The van der Waals surface area contributed by atoms with Crippen LogP contribution in [0.4, 0.5) is 11.6 Å². The average molecular weight is 360 g/mol. The average Bonchev–Trinajstić information content (AvgIpc) is 2.67. The van der Waals surface area contributed by atoms with Crippen molar-refractivity contribution in [3.05, 3.63) is 60.7 Å². The third kappa shape index (κ3) is 3.69. The number of fused-ring (bicyclic) bond motifs is 2. The highest BCUT2D eigenvalue weighted by atomic mass is 16.5. The molecule has 6 nitrogen and oxygen atoms in total. The maximum Gasteiger partial charge on any atom is 0.128 e. The van der Waals surface area contributed by atoms with Crippen LogP contribution in [-0.2, 0) is 0 Å². The molecule has 0 radical (unpaired) electrons. The maximum atomic E-state index is 5.91. The fourth-order valence-electron chi connectivity index (χ4n) is 2.96. The molecule has 0 aliphatic rings. The summed E-state index contributed by atoms with van der Waals surface area (Å²) in [4.78, 5) is 8.63. The van der Waals surface area contributed by atoms with E-state index in [0.717, 1.165) is 39.7 Å². The normalized spacial score (nSPS) is 11.0. The molecular weight excluding hydrogens is 340 g/mol. The maximum absolute atomic E-state index is 5.91. The number of aromatic nitrogens is 2. The molecule has 6 heteroatoms. The van der Waals surface area contributed by atoms with Gasteiger partial charge in [-0.05, 0) is 48.5 Å². The lowest BCUT2D eigenvalue weighted by Crippen LogP contribution is -2.05. The van der Waals surface area contributed by atoms with Crippen LogP contribution in [0.3, 0.4) is 0 Å². The Kier molecular flexibility index (Phi) is 4.61. The summed E-state index contributed by atoms with van der Waals surface area (Å²) in [6.45, 7) is 1.08. The van der Waals surface area contributed by atoms with E-state index in [1.54, 1.807) is 12.1 Å². The molecule has 4 N–H and O–H groups in total. The fourth-order valence-corrected chi connectivity index (χ4v) is 2.96. The first-order chi connectivity index (χ1) is 13.2. The summed E-state index contributed by atoms with van der Waals surface area (Å²) in [6, 6.07) is 18.9. The molecule has 2 heterocycles. The molecule has 0 unspecified atom stereocenters. The number of hydrogen-bond acceptors (Lipinski definition) is 6. The van der Waals surface area contributed by atoms with E-state index in [4.69, 9.17) is 20.9 Å². The Labute approximate surface area is 156 Å². The number of benzene rings is 2. The predicted molar refractivity (Wildman–Crippen MR) is 108 cm³/mol. The van der Waals surface area contributed by atoms with Crippen LogP contribution in [0.1, 0.15) is 6.42 Å². The Morgan fingerprint density at radius 2 is 1.11 bits per heavy atom. The zero-order valence-corrected chi connectivity index (χ0v) is 14.8. The third-order valence-electron chi connectivity index (χ3n) is 4.23. The van der Waals surface area contributed by atoms with Gasteiger partial charge in [-0.15, -0.1) is 0 Å². The van der Waals surface area contributed by atoms with Gasteiger partial charge in [0.05, 0.1) is 24.2 Å². The van der Waals surface area contributed by atoms with Crippen LogP contribution >= 0.6 is 0 Å². The topological polar surface area (TPSA) is 96.3 Å². The van der Waals surface area contributed by atoms with Crippen molar-refractivity contribution in [3.8, 4) is 11.5 Å². The summed E-state index contributed by atoms with van der Waals surface area (Å²) in [5.74, 6) is 2.59. The third-order valence-corrected chi connectivity index (χ3v) is 4.23. The van der Waals surface area contributed by atoms with Gasteiger partial charge in [-0.25, -0.2) is 9.97 Å². The van der Waals surface area contributed by atoms with Gasteiger partial charge < -0.3 is 20.9 Å². The van der Waals surface area contributed by atoms with Crippen LogP contribution in [0.5, 0.6) is 11.5 Å². The van der Waals surface area contributed by atoms with E-state index < -0.39 is 0 Å². The van der Waals surface area contributed by atoms with E-state index in [1.165, 1.54) is 0 Å². The largest absolute Gasteiger partial charge is 0.493 e. The molecule has 0 amide bonds. The molecule has 0 spiro atoms. The number of nitrogens with two attached hydrogens (primary N) is 2. The van der Waals surface area contributed by atoms with Gasteiger partial charge in [0.25, 0.3) is 0 Å². The lowest BCUT2D eigenvalue weighted by Gasteiger charge is -2.11. The SMILES string of the molecule is Nc1ccc2c(OCCCOc3cccc4nc(N)ccc34)cccc2n1. The molecule has 4 aromatic rings. The van der Waals surface area contributed by atoms with Crippen LogP contribution in [0.15, 0.2) is 60.7 Å². The second-order valence-electron chi connectivity index (χ2n) is 6.17.